The molecule has 5 nitrogen and oxygen atoms in total. The Balaban J connectivity index is 1.85. The maximum Gasteiger partial charge on any atom is 0.354 e. The van der Waals surface area contributed by atoms with Crippen LogP contribution >= 0.6 is 0 Å². The van der Waals surface area contributed by atoms with E-state index in [9.17, 15) is 9.59 Å². The Labute approximate surface area is 140 Å². The van der Waals surface area contributed by atoms with Crippen molar-refractivity contribution in [3.8, 4) is 0 Å². The van der Waals surface area contributed by atoms with E-state index >= 15 is 0 Å². The minimum Gasteiger partial charge on any atom is -0.477 e. The molecular weight excluding hydrogens is 304 g/mol. The van der Waals surface area contributed by atoms with E-state index in [-0.39, 0.29) is 17.3 Å². The van der Waals surface area contributed by atoms with Crippen LogP contribution in [0.15, 0.2) is 36.4 Å². The third kappa shape index (κ3) is 3.02. The molecule has 0 radical (unpaired) electrons. The number of carbonyl (C=O) groups excluding carboxylic acids is 1. The van der Waals surface area contributed by atoms with Crippen LogP contribution < -0.4 is 0 Å². The molecule has 1 aromatic carbocycles. The first-order valence-corrected chi connectivity index (χ1v) is 8.07. The van der Waals surface area contributed by atoms with Crippen molar-refractivity contribution in [1.29, 1.82) is 0 Å². The van der Waals surface area contributed by atoms with Crippen molar-refractivity contribution in [3.05, 3.63) is 64.5 Å². The van der Waals surface area contributed by atoms with Gasteiger partial charge in [0.1, 0.15) is 11.4 Å². The van der Waals surface area contributed by atoms with Crippen LogP contribution in [0.2, 0.25) is 0 Å². The Morgan fingerprint density at radius 1 is 1.12 bits per heavy atom. The molecule has 0 fully saturated rings. The van der Waals surface area contributed by atoms with Gasteiger partial charge in [-0.15, -0.1) is 0 Å². The lowest BCUT2D eigenvalue weighted by Crippen LogP contribution is -2.37. The maximum absolute atomic E-state index is 12.7. The number of hydrogen-bond donors (Lipinski definition) is 1. The van der Waals surface area contributed by atoms with Crippen molar-refractivity contribution in [2.24, 2.45) is 0 Å². The summed E-state index contributed by atoms with van der Waals surface area (Å²) in [6, 6.07) is 10.7. The molecule has 1 N–H and O–H groups in total. The van der Waals surface area contributed by atoms with Crippen molar-refractivity contribution in [2.45, 2.75) is 32.7 Å². The molecule has 1 aliphatic rings. The van der Waals surface area contributed by atoms with E-state index < -0.39 is 5.97 Å². The number of pyridine rings is 1. The molecule has 0 atom stereocenters. The van der Waals surface area contributed by atoms with E-state index in [2.05, 4.69) is 31.0 Å². The molecule has 0 aliphatic carbocycles. The van der Waals surface area contributed by atoms with Gasteiger partial charge in [0.15, 0.2) is 0 Å². The number of amides is 1. The first-order chi connectivity index (χ1) is 11.5. The minimum absolute atomic E-state index is 0.111. The van der Waals surface area contributed by atoms with Crippen molar-refractivity contribution >= 4 is 11.9 Å². The number of rotatable bonds is 3. The zero-order chi connectivity index (χ0) is 17.3. The van der Waals surface area contributed by atoms with Gasteiger partial charge in [0.2, 0.25) is 0 Å². The number of fused-ring (bicyclic) bond motifs is 1. The Morgan fingerprint density at radius 3 is 2.54 bits per heavy atom. The number of aromatic carboxylic acids is 1. The molecule has 24 heavy (non-hydrogen) atoms. The highest BCUT2D eigenvalue weighted by Crippen LogP contribution is 2.28. The molecule has 0 bridgehead atoms. The minimum atomic E-state index is -1.13. The van der Waals surface area contributed by atoms with Gasteiger partial charge in [-0.25, -0.2) is 9.78 Å². The third-order valence-electron chi connectivity index (χ3n) is 4.40. The van der Waals surface area contributed by atoms with Gasteiger partial charge < -0.3 is 10.0 Å². The molecule has 0 saturated heterocycles. The summed E-state index contributed by atoms with van der Waals surface area (Å²) in [5.41, 5.74) is 3.91. The zero-order valence-electron chi connectivity index (χ0n) is 13.8. The molecule has 2 aromatic rings. The Kier molecular flexibility index (Phi) is 4.34. The van der Waals surface area contributed by atoms with E-state index in [4.69, 9.17) is 5.11 Å². The normalized spacial score (nSPS) is 13.7. The summed E-state index contributed by atoms with van der Waals surface area (Å²) in [7, 11) is 0. The average Bonchev–Trinajstić information content (AvgIpc) is 2.60. The lowest BCUT2D eigenvalue weighted by atomic mass is 9.89. The van der Waals surface area contributed by atoms with E-state index in [0.717, 1.165) is 12.0 Å². The summed E-state index contributed by atoms with van der Waals surface area (Å²) in [6.45, 7) is 5.51. The second-order valence-electron chi connectivity index (χ2n) is 6.33. The smallest absolute Gasteiger partial charge is 0.354 e. The standard InChI is InChI=1S/C19H20N2O3/c1-12(2)14-6-3-5-13-11-21(10-9-15(13)14)18(22)16-7-4-8-17(20-16)19(23)24/h3-8,12H,9-11H2,1-2H3,(H,23,24). The van der Waals surface area contributed by atoms with Gasteiger partial charge in [-0.3, -0.25) is 4.79 Å². The second kappa shape index (κ2) is 6.43. The summed E-state index contributed by atoms with van der Waals surface area (Å²) in [5.74, 6) is -0.898. The van der Waals surface area contributed by atoms with E-state index in [0.29, 0.717) is 19.0 Å². The van der Waals surface area contributed by atoms with E-state index in [1.165, 1.54) is 17.2 Å². The highest BCUT2D eigenvalue weighted by molar-refractivity contribution is 5.94. The molecule has 2 heterocycles. The molecule has 1 aliphatic heterocycles. The monoisotopic (exact) mass is 324 g/mol. The van der Waals surface area contributed by atoms with Crippen molar-refractivity contribution in [1.82, 2.24) is 9.88 Å². The van der Waals surface area contributed by atoms with Crippen LogP contribution in [0.3, 0.4) is 0 Å². The fraction of sp³-hybridized carbons (Fsp3) is 0.316. The molecule has 0 spiro atoms. The first-order valence-electron chi connectivity index (χ1n) is 8.07. The van der Waals surface area contributed by atoms with E-state index in [1.807, 2.05) is 6.07 Å². The first kappa shape index (κ1) is 16.2. The Hall–Kier alpha value is -2.69. The number of nitrogens with zero attached hydrogens (tertiary/aromatic N) is 2. The predicted octanol–water partition coefficient (Wildman–Crippen LogP) is 3.10. The second-order valence-corrected chi connectivity index (χ2v) is 6.33. The molecule has 3 rings (SSSR count). The molecular formula is C19H20N2O3. The SMILES string of the molecule is CC(C)c1cccc2c1CCN(C(=O)c1cccc(C(=O)O)n1)C2. The van der Waals surface area contributed by atoms with Crippen molar-refractivity contribution in [2.75, 3.05) is 6.54 Å². The largest absolute Gasteiger partial charge is 0.477 e. The van der Waals surface area contributed by atoms with Crippen LogP contribution in [0.1, 0.15) is 57.4 Å². The Morgan fingerprint density at radius 2 is 1.83 bits per heavy atom. The van der Waals surface area contributed by atoms with Gasteiger partial charge >= 0.3 is 5.97 Å². The molecule has 124 valence electrons. The highest BCUT2D eigenvalue weighted by Gasteiger charge is 2.25. The molecule has 0 saturated carbocycles. The van der Waals surface area contributed by atoms with Crippen LogP contribution in [-0.4, -0.2) is 33.4 Å². The van der Waals surface area contributed by atoms with E-state index in [1.54, 1.807) is 17.0 Å². The van der Waals surface area contributed by atoms with Crippen LogP contribution in [0.5, 0.6) is 0 Å². The number of aromatic nitrogens is 1. The summed E-state index contributed by atoms with van der Waals surface area (Å²) in [6.07, 6.45) is 0.814. The highest BCUT2D eigenvalue weighted by atomic mass is 16.4. The zero-order valence-corrected chi connectivity index (χ0v) is 13.8. The number of hydrogen-bond acceptors (Lipinski definition) is 3. The van der Waals surface area contributed by atoms with Crippen LogP contribution in [0, 0.1) is 0 Å². The quantitative estimate of drug-likeness (QED) is 0.942. The van der Waals surface area contributed by atoms with Crippen LogP contribution in [0.4, 0.5) is 0 Å². The number of carboxylic acid groups (broad SMARTS) is 1. The van der Waals surface area contributed by atoms with Gasteiger partial charge in [-0.05, 0) is 41.2 Å². The number of carboxylic acids is 1. The fourth-order valence-electron chi connectivity index (χ4n) is 3.19. The molecule has 0 unspecified atom stereocenters. The fourth-order valence-corrected chi connectivity index (χ4v) is 3.19. The van der Waals surface area contributed by atoms with Gasteiger partial charge in [0, 0.05) is 13.1 Å². The van der Waals surface area contributed by atoms with Crippen molar-refractivity contribution < 1.29 is 14.7 Å². The lowest BCUT2D eigenvalue weighted by Gasteiger charge is -2.30. The molecule has 1 amide bonds. The maximum atomic E-state index is 12.7. The van der Waals surface area contributed by atoms with Gasteiger partial charge in [-0.1, -0.05) is 38.1 Å². The number of carbonyl (C=O) groups is 2. The summed E-state index contributed by atoms with van der Waals surface area (Å²) >= 11 is 0. The Bertz CT molecular complexity index is 799. The molecule has 1 aromatic heterocycles. The summed E-state index contributed by atoms with van der Waals surface area (Å²) < 4.78 is 0. The van der Waals surface area contributed by atoms with Crippen LogP contribution in [0.25, 0.3) is 0 Å². The van der Waals surface area contributed by atoms with Gasteiger partial charge in [0.25, 0.3) is 5.91 Å². The number of benzene rings is 1. The van der Waals surface area contributed by atoms with Crippen molar-refractivity contribution in [3.63, 3.8) is 0 Å². The summed E-state index contributed by atoms with van der Waals surface area (Å²) in [4.78, 5) is 29.4. The van der Waals surface area contributed by atoms with Crippen LogP contribution in [-0.2, 0) is 13.0 Å². The average molecular weight is 324 g/mol. The third-order valence-corrected chi connectivity index (χ3v) is 4.40. The summed E-state index contributed by atoms with van der Waals surface area (Å²) in [5, 5.41) is 9.03. The van der Waals surface area contributed by atoms with Gasteiger partial charge in [-0.2, -0.15) is 0 Å². The molecule has 5 heteroatoms. The van der Waals surface area contributed by atoms with Gasteiger partial charge in [0.05, 0.1) is 0 Å². The lowest BCUT2D eigenvalue weighted by molar-refractivity contribution is 0.0689. The predicted molar refractivity (Wildman–Crippen MR) is 90.2 cm³/mol. The topological polar surface area (TPSA) is 70.5 Å².